The van der Waals surface area contributed by atoms with Gasteiger partial charge in [-0.25, -0.2) is 4.68 Å². The van der Waals surface area contributed by atoms with Crippen LogP contribution >= 0.6 is 0 Å². The Morgan fingerprint density at radius 2 is 2.33 bits per heavy atom. The molecule has 0 fully saturated rings. The minimum absolute atomic E-state index is 0.617. The number of ether oxygens (including phenoxy) is 1. The summed E-state index contributed by atoms with van der Waals surface area (Å²) in [6.07, 6.45) is 5.01. The molecule has 0 unspecified atom stereocenters. The first-order chi connectivity index (χ1) is 7.36. The monoisotopic (exact) mass is 212 g/mol. The minimum Gasteiger partial charge on any atom is -0.380 e. The van der Waals surface area contributed by atoms with Crippen molar-refractivity contribution in [3.05, 3.63) is 11.9 Å². The summed E-state index contributed by atoms with van der Waals surface area (Å²) in [6.45, 7) is 5.07. The molecule has 0 atom stereocenters. The standard InChI is InChI=1S/C10H20N4O/c1-2-3-7-15-8-6-14-9-10(4-5-11)12-13-14/h9H,2-8,11H2,1H3. The van der Waals surface area contributed by atoms with Crippen LogP contribution in [0, 0.1) is 0 Å². The number of rotatable bonds is 8. The normalized spacial score (nSPS) is 10.8. The van der Waals surface area contributed by atoms with Crippen molar-refractivity contribution in [1.29, 1.82) is 0 Å². The Morgan fingerprint density at radius 1 is 1.47 bits per heavy atom. The average molecular weight is 212 g/mol. The van der Waals surface area contributed by atoms with Gasteiger partial charge in [0.25, 0.3) is 0 Å². The van der Waals surface area contributed by atoms with Crippen molar-refractivity contribution < 1.29 is 4.74 Å². The van der Waals surface area contributed by atoms with Gasteiger partial charge in [0, 0.05) is 19.2 Å². The third-order valence-electron chi connectivity index (χ3n) is 2.09. The van der Waals surface area contributed by atoms with Crippen molar-refractivity contribution in [2.75, 3.05) is 19.8 Å². The second kappa shape index (κ2) is 7.36. The van der Waals surface area contributed by atoms with Gasteiger partial charge in [-0.2, -0.15) is 0 Å². The van der Waals surface area contributed by atoms with E-state index in [4.69, 9.17) is 10.5 Å². The van der Waals surface area contributed by atoms with Crippen molar-refractivity contribution >= 4 is 0 Å². The van der Waals surface area contributed by atoms with Crippen LogP contribution in [0.3, 0.4) is 0 Å². The van der Waals surface area contributed by atoms with Crippen LogP contribution in [0.15, 0.2) is 6.20 Å². The molecule has 0 saturated heterocycles. The Morgan fingerprint density at radius 3 is 3.07 bits per heavy atom. The molecule has 2 N–H and O–H groups in total. The van der Waals surface area contributed by atoms with Gasteiger partial charge in [0.15, 0.2) is 0 Å². The smallest absolute Gasteiger partial charge is 0.0839 e. The van der Waals surface area contributed by atoms with Gasteiger partial charge < -0.3 is 10.5 Å². The molecule has 1 aromatic rings. The molecule has 0 aliphatic rings. The maximum absolute atomic E-state index is 5.43. The number of aromatic nitrogens is 3. The molecular weight excluding hydrogens is 192 g/mol. The molecule has 0 spiro atoms. The van der Waals surface area contributed by atoms with Crippen LogP contribution in [0.4, 0.5) is 0 Å². The second-order valence-corrected chi connectivity index (χ2v) is 3.48. The molecule has 0 aromatic carbocycles. The van der Waals surface area contributed by atoms with Gasteiger partial charge in [0.1, 0.15) is 0 Å². The molecule has 0 bridgehead atoms. The highest BCUT2D eigenvalue weighted by molar-refractivity contribution is 4.92. The molecule has 15 heavy (non-hydrogen) atoms. The van der Waals surface area contributed by atoms with Gasteiger partial charge in [-0.3, -0.25) is 0 Å². The topological polar surface area (TPSA) is 66.0 Å². The lowest BCUT2D eigenvalue weighted by Crippen LogP contribution is -2.07. The molecule has 1 aromatic heterocycles. The van der Waals surface area contributed by atoms with E-state index in [9.17, 15) is 0 Å². The van der Waals surface area contributed by atoms with E-state index in [2.05, 4.69) is 17.2 Å². The van der Waals surface area contributed by atoms with Crippen LogP contribution in [-0.4, -0.2) is 34.8 Å². The molecule has 86 valence electrons. The first-order valence-electron chi connectivity index (χ1n) is 5.53. The summed E-state index contributed by atoms with van der Waals surface area (Å²) < 4.78 is 7.24. The summed E-state index contributed by atoms with van der Waals surface area (Å²) >= 11 is 0. The fraction of sp³-hybridized carbons (Fsp3) is 0.800. The zero-order valence-electron chi connectivity index (χ0n) is 9.35. The van der Waals surface area contributed by atoms with Gasteiger partial charge >= 0.3 is 0 Å². The third-order valence-corrected chi connectivity index (χ3v) is 2.09. The Bertz CT molecular complexity index is 262. The predicted molar refractivity (Wildman–Crippen MR) is 58.5 cm³/mol. The van der Waals surface area contributed by atoms with E-state index >= 15 is 0 Å². The fourth-order valence-electron chi connectivity index (χ4n) is 1.22. The number of nitrogens with zero attached hydrogens (tertiary/aromatic N) is 3. The van der Waals surface area contributed by atoms with E-state index in [1.54, 1.807) is 4.68 Å². The number of unbranched alkanes of at least 4 members (excludes halogenated alkanes) is 1. The summed E-state index contributed by atoms with van der Waals surface area (Å²) in [6, 6.07) is 0. The minimum atomic E-state index is 0.617. The Balaban J connectivity index is 2.14. The maximum atomic E-state index is 5.43. The van der Waals surface area contributed by atoms with Crippen molar-refractivity contribution in [3.63, 3.8) is 0 Å². The lowest BCUT2D eigenvalue weighted by atomic mass is 10.3. The van der Waals surface area contributed by atoms with E-state index in [1.807, 2.05) is 6.20 Å². The molecule has 1 rings (SSSR count). The fourth-order valence-corrected chi connectivity index (χ4v) is 1.22. The van der Waals surface area contributed by atoms with Gasteiger partial charge in [-0.1, -0.05) is 18.6 Å². The lowest BCUT2D eigenvalue weighted by Gasteiger charge is -2.02. The highest BCUT2D eigenvalue weighted by Gasteiger charge is 1.98. The number of hydrogen-bond acceptors (Lipinski definition) is 4. The highest BCUT2D eigenvalue weighted by Crippen LogP contribution is 1.94. The summed E-state index contributed by atoms with van der Waals surface area (Å²) in [5.74, 6) is 0. The van der Waals surface area contributed by atoms with Crippen LogP contribution in [0.5, 0.6) is 0 Å². The number of hydrogen-bond donors (Lipinski definition) is 1. The molecule has 5 heteroatoms. The molecule has 0 saturated carbocycles. The molecule has 0 radical (unpaired) electrons. The van der Waals surface area contributed by atoms with Crippen LogP contribution in [0.25, 0.3) is 0 Å². The average Bonchev–Trinajstić information content (AvgIpc) is 2.66. The van der Waals surface area contributed by atoms with Crippen molar-refractivity contribution in [2.45, 2.75) is 32.7 Å². The van der Waals surface area contributed by atoms with Crippen LogP contribution in [0.2, 0.25) is 0 Å². The van der Waals surface area contributed by atoms with Crippen molar-refractivity contribution in [2.24, 2.45) is 5.73 Å². The maximum Gasteiger partial charge on any atom is 0.0839 e. The van der Waals surface area contributed by atoms with Crippen molar-refractivity contribution in [3.8, 4) is 0 Å². The predicted octanol–water partition coefficient (Wildman–Crippen LogP) is 0.596. The Kier molecular flexibility index (Phi) is 5.96. The lowest BCUT2D eigenvalue weighted by molar-refractivity contribution is 0.120. The first kappa shape index (κ1) is 12.1. The summed E-state index contributed by atoms with van der Waals surface area (Å²) in [7, 11) is 0. The van der Waals surface area contributed by atoms with Gasteiger partial charge in [-0.15, -0.1) is 5.10 Å². The number of nitrogens with two attached hydrogens (primary N) is 1. The molecule has 0 amide bonds. The van der Waals surface area contributed by atoms with Gasteiger partial charge in [0.2, 0.25) is 0 Å². The van der Waals surface area contributed by atoms with Crippen LogP contribution in [-0.2, 0) is 17.7 Å². The third kappa shape index (κ3) is 4.90. The van der Waals surface area contributed by atoms with Gasteiger partial charge in [0.05, 0.1) is 18.8 Å². The Labute approximate surface area is 90.6 Å². The van der Waals surface area contributed by atoms with E-state index in [-0.39, 0.29) is 0 Å². The van der Waals surface area contributed by atoms with Gasteiger partial charge in [-0.05, 0) is 13.0 Å². The van der Waals surface area contributed by atoms with E-state index in [1.165, 1.54) is 6.42 Å². The zero-order chi connectivity index (χ0) is 10.9. The molecule has 1 heterocycles. The van der Waals surface area contributed by atoms with Crippen LogP contribution in [0.1, 0.15) is 25.5 Å². The largest absolute Gasteiger partial charge is 0.380 e. The highest BCUT2D eigenvalue weighted by atomic mass is 16.5. The summed E-state index contributed by atoms with van der Waals surface area (Å²) in [5, 5.41) is 7.98. The zero-order valence-corrected chi connectivity index (χ0v) is 9.35. The second-order valence-electron chi connectivity index (χ2n) is 3.48. The summed E-state index contributed by atoms with van der Waals surface area (Å²) in [5.41, 5.74) is 6.37. The first-order valence-corrected chi connectivity index (χ1v) is 5.53. The van der Waals surface area contributed by atoms with E-state index < -0.39 is 0 Å². The SMILES string of the molecule is CCCCOCCn1cc(CCN)nn1. The molecule has 0 aliphatic heterocycles. The van der Waals surface area contributed by atoms with E-state index in [0.717, 1.165) is 31.7 Å². The molecular formula is C10H20N4O. The molecule has 0 aliphatic carbocycles. The Hall–Kier alpha value is -0.940. The van der Waals surface area contributed by atoms with E-state index in [0.29, 0.717) is 13.2 Å². The quantitative estimate of drug-likeness (QED) is 0.641. The molecule has 5 nitrogen and oxygen atoms in total. The summed E-state index contributed by atoms with van der Waals surface area (Å²) in [4.78, 5) is 0. The van der Waals surface area contributed by atoms with Crippen LogP contribution < -0.4 is 5.73 Å². The van der Waals surface area contributed by atoms with Crippen molar-refractivity contribution in [1.82, 2.24) is 15.0 Å².